The molecule has 1 aromatic heterocycles. The highest BCUT2D eigenvalue weighted by molar-refractivity contribution is 6.24. The predicted octanol–water partition coefficient (Wildman–Crippen LogP) is 3.11. The van der Waals surface area contributed by atoms with Crippen LogP contribution >= 0.6 is 0 Å². The van der Waals surface area contributed by atoms with Crippen LogP contribution in [0.25, 0.3) is 0 Å². The Morgan fingerprint density at radius 1 is 0.865 bits per heavy atom. The molecule has 37 heavy (non-hydrogen) atoms. The number of ether oxygens (including phenoxy) is 2. The molecule has 0 radical (unpaired) electrons. The van der Waals surface area contributed by atoms with Gasteiger partial charge < -0.3 is 19.3 Å². The Hall–Kier alpha value is -4.60. The first-order valence-corrected chi connectivity index (χ1v) is 12.1. The number of urea groups is 1. The van der Waals surface area contributed by atoms with Crippen LogP contribution in [0.5, 0.6) is 17.4 Å². The minimum absolute atomic E-state index is 0.318. The summed E-state index contributed by atoms with van der Waals surface area (Å²) in [5.41, 5.74) is 2.71. The third-order valence-electron chi connectivity index (χ3n) is 7.18. The summed E-state index contributed by atoms with van der Waals surface area (Å²) < 4.78 is 11.3. The molecule has 1 spiro atoms. The van der Waals surface area contributed by atoms with Crippen molar-refractivity contribution in [3.63, 3.8) is 0 Å². The quantitative estimate of drug-likeness (QED) is 0.515. The molecule has 188 valence electrons. The number of benzene rings is 2. The van der Waals surface area contributed by atoms with Crippen LogP contribution in [0, 0.1) is 0 Å². The highest BCUT2D eigenvalue weighted by Crippen LogP contribution is 2.37. The van der Waals surface area contributed by atoms with Gasteiger partial charge in [0.1, 0.15) is 11.5 Å². The maximum Gasteiger partial charge on any atom is 0.328 e. The number of pyridine rings is 1. The minimum atomic E-state index is -1.45. The van der Waals surface area contributed by atoms with Gasteiger partial charge in [-0.1, -0.05) is 6.07 Å². The van der Waals surface area contributed by atoms with Crippen molar-refractivity contribution in [2.45, 2.75) is 31.5 Å². The van der Waals surface area contributed by atoms with E-state index in [2.05, 4.69) is 38.7 Å². The summed E-state index contributed by atoms with van der Waals surface area (Å²) in [4.78, 5) is 45.3. The highest BCUT2D eigenvalue weighted by Gasteiger charge is 2.57. The maximum atomic E-state index is 12.7. The Labute approximate surface area is 213 Å². The normalized spacial score (nSPS) is 18.0. The molecule has 10 heteroatoms. The molecule has 2 saturated heterocycles. The summed E-state index contributed by atoms with van der Waals surface area (Å²) >= 11 is 0. The molecule has 3 aliphatic heterocycles. The average molecular weight is 500 g/mol. The van der Waals surface area contributed by atoms with Gasteiger partial charge in [0.05, 0.1) is 19.0 Å². The maximum absolute atomic E-state index is 12.7. The molecule has 0 bridgehead atoms. The summed E-state index contributed by atoms with van der Waals surface area (Å²) in [7, 11) is 1.66. The first-order chi connectivity index (χ1) is 18.0. The number of carbonyl (C=O) groups excluding carboxylic acids is 3. The number of amides is 4. The van der Waals surface area contributed by atoms with Gasteiger partial charge in [-0.2, -0.15) is 0 Å². The summed E-state index contributed by atoms with van der Waals surface area (Å²) in [5, 5.41) is 4.44. The van der Waals surface area contributed by atoms with Crippen molar-refractivity contribution in [2.24, 2.45) is 0 Å². The van der Waals surface area contributed by atoms with Crippen molar-refractivity contribution in [2.75, 3.05) is 23.5 Å². The van der Waals surface area contributed by atoms with Gasteiger partial charge in [0.2, 0.25) is 5.88 Å². The van der Waals surface area contributed by atoms with Crippen molar-refractivity contribution in [3.8, 4) is 17.4 Å². The van der Waals surface area contributed by atoms with E-state index in [1.165, 1.54) is 11.1 Å². The Kier molecular flexibility index (Phi) is 5.44. The predicted molar refractivity (Wildman–Crippen MR) is 135 cm³/mol. The lowest BCUT2D eigenvalue weighted by molar-refractivity contribution is -0.137. The number of rotatable bonds is 5. The molecule has 0 aliphatic carbocycles. The number of carbonyl (C=O) groups is 3. The van der Waals surface area contributed by atoms with Gasteiger partial charge in [0, 0.05) is 31.4 Å². The molecule has 0 saturated carbocycles. The Bertz CT molecular complexity index is 1370. The van der Waals surface area contributed by atoms with Gasteiger partial charge in [-0.15, -0.1) is 0 Å². The van der Waals surface area contributed by atoms with Crippen LogP contribution in [-0.2, 0) is 22.7 Å². The summed E-state index contributed by atoms with van der Waals surface area (Å²) in [5.74, 6) is 0.684. The van der Waals surface area contributed by atoms with Crippen molar-refractivity contribution in [1.29, 1.82) is 0 Å². The van der Waals surface area contributed by atoms with Crippen molar-refractivity contribution < 1.29 is 23.9 Å². The molecule has 2 N–H and O–H groups in total. The van der Waals surface area contributed by atoms with Crippen LogP contribution in [0.4, 0.5) is 16.2 Å². The Morgan fingerprint density at radius 3 is 2.27 bits per heavy atom. The summed E-state index contributed by atoms with van der Waals surface area (Å²) in [6, 6.07) is 16.7. The van der Waals surface area contributed by atoms with Crippen LogP contribution in [0.2, 0.25) is 0 Å². The van der Waals surface area contributed by atoms with Crippen LogP contribution in [0.3, 0.4) is 0 Å². The fraction of sp³-hybridized carbons (Fsp3) is 0.259. The fourth-order valence-electron chi connectivity index (χ4n) is 5.31. The topological polar surface area (TPSA) is 113 Å². The van der Waals surface area contributed by atoms with E-state index in [4.69, 9.17) is 9.47 Å². The third-order valence-corrected chi connectivity index (χ3v) is 7.18. The lowest BCUT2D eigenvalue weighted by atomic mass is 9.92. The molecule has 10 nitrogen and oxygen atoms in total. The van der Waals surface area contributed by atoms with Gasteiger partial charge in [-0.3, -0.25) is 20.2 Å². The molecule has 0 unspecified atom stereocenters. The average Bonchev–Trinajstić information content (AvgIpc) is 3.53. The van der Waals surface area contributed by atoms with E-state index in [-0.39, 0.29) is 0 Å². The molecule has 6 rings (SSSR count). The standard InChI is InChI=1S/C27H25N5O5/c1-36-21-8-4-19(5-9-21)31-15-17-3-7-22(13-18(17)16-31)37-23-10-6-20(14-28-23)32-12-2-11-27(32)24(33)29-26(35)30-25(27)34/h3-10,13-14H,2,11-12,15-16H2,1H3,(H2,29,30,33,34,35). The van der Waals surface area contributed by atoms with E-state index >= 15 is 0 Å². The smallest absolute Gasteiger partial charge is 0.328 e. The van der Waals surface area contributed by atoms with E-state index in [9.17, 15) is 14.4 Å². The first-order valence-electron chi connectivity index (χ1n) is 12.1. The Balaban J connectivity index is 1.16. The van der Waals surface area contributed by atoms with E-state index in [1.54, 1.807) is 30.3 Å². The fourth-order valence-corrected chi connectivity index (χ4v) is 5.31. The van der Waals surface area contributed by atoms with Crippen molar-refractivity contribution in [1.82, 2.24) is 15.6 Å². The molecule has 0 atom stereocenters. The lowest BCUT2D eigenvalue weighted by Gasteiger charge is -2.38. The summed E-state index contributed by atoms with van der Waals surface area (Å²) in [6.07, 6.45) is 2.53. The zero-order valence-corrected chi connectivity index (χ0v) is 20.2. The number of hydrogen-bond acceptors (Lipinski definition) is 8. The molecule has 4 amide bonds. The summed E-state index contributed by atoms with van der Waals surface area (Å²) in [6.45, 7) is 2.08. The largest absolute Gasteiger partial charge is 0.497 e. The molecule has 2 fully saturated rings. The van der Waals surface area contributed by atoms with Crippen LogP contribution in [0.1, 0.15) is 24.0 Å². The molecule has 3 aromatic rings. The minimum Gasteiger partial charge on any atom is -0.497 e. The van der Waals surface area contributed by atoms with E-state index in [0.29, 0.717) is 36.7 Å². The third kappa shape index (κ3) is 3.90. The zero-order valence-electron chi connectivity index (χ0n) is 20.2. The van der Waals surface area contributed by atoms with Gasteiger partial charge in [-0.05, 0) is 66.4 Å². The van der Waals surface area contributed by atoms with E-state index in [1.807, 2.05) is 24.3 Å². The molecular weight excluding hydrogens is 474 g/mol. The lowest BCUT2D eigenvalue weighted by Crippen LogP contribution is -2.71. The molecule has 2 aromatic carbocycles. The number of hydrogen-bond donors (Lipinski definition) is 2. The molecule has 3 aliphatic rings. The number of fused-ring (bicyclic) bond motifs is 1. The number of anilines is 2. The number of nitrogens with zero attached hydrogens (tertiary/aromatic N) is 3. The van der Waals surface area contributed by atoms with E-state index < -0.39 is 23.4 Å². The van der Waals surface area contributed by atoms with Crippen molar-refractivity contribution >= 4 is 29.2 Å². The molecular formula is C27H25N5O5. The Morgan fingerprint density at radius 2 is 1.57 bits per heavy atom. The SMILES string of the molecule is COc1ccc(N2Cc3ccc(Oc4ccc(N5CCCC56C(=O)NC(=O)NC6=O)cn4)cc3C2)cc1. The van der Waals surface area contributed by atoms with E-state index in [0.717, 1.165) is 24.5 Å². The van der Waals surface area contributed by atoms with Crippen LogP contribution in [0.15, 0.2) is 60.8 Å². The second-order valence-electron chi connectivity index (χ2n) is 9.29. The van der Waals surface area contributed by atoms with Gasteiger partial charge in [0.25, 0.3) is 11.8 Å². The van der Waals surface area contributed by atoms with Crippen LogP contribution in [-0.4, -0.2) is 42.0 Å². The van der Waals surface area contributed by atoms with Gasteiger partial charge in [0.15, 0.2) is 5.54 Å². The van der Waals surface area contributed by atoms with Crippen LogP contribution < -0.4 is 29.9 Å². The molecule has 4 heterocycles. The number of nitrogens with one attached hydrogen (secondary N) is 2. The number of methoxy groups -OCH3 is 1. The highest BCUT2D eigenvalue weighted by atomic mass is 16.5. The van der Waals surface area contributed by atoms with Gasteiger partial charge >= 0.3 is 6.03 Å². The second-order valence-corrected chi connectivity index (χ2v) is 9.29. The second kappa shape index (κ2) is 8.81. The number of imide groups is 2. The number of barbiturate groups is 1. The zero-order chi connectivity index (χ0) is 25.6. The van der Waals surface area contributed by atoms with Crippen molar-refractivity contribution in [3.05, 3.63) is 71.9 Å². The monoisotopic (exact) mass is 499 g/mol. The number of aromatic nitrogens is 1. The first kappa shape index (κ1) is 22.8. The van der Waals surface area contributed by atoms with Gasteiger partial charge in [-0.25, -0.2) is 9.78 Å².